The SMILES string of the molecule is COc1cccc(-c2cc(CNC(=O)[C@@H]3CCCN3S(C)(=O)=O)no2)c1. The molecule has 8 nitrogen and oxygen atoms in total. The third-order valence-electron chi connectivity index (χ3n) is 4.29. The summed E-state index contributed by atoms with van der Waals surface area (Å²) in [5, 5.41) is 6.69. The molecular weight excluding hydrogens is 358 g/mol. The van der Waals surface area contributed by atoms with E-state index in [1.165, 1.54) is 4.31 Å². The van der Waals surface area contributed by atoms with Crippen LogP contribution in [0.15, 0.2) is 34.9 Å². The standard InChI is InChI=1S/C17H21N3O5S/c1-24-14-6-3-5-12(9-14)16-10-13(19-25-16)11-18-17(21)15-7-4-8-20(15)26(2,22)23/h3,5-6,9-10,15H,4,7-8,11H2,1-2H3,(H,18,21)/t15-/m0/s1. The van der Waals surface area contributed by atoms with Gasteiger partial charge < -0.3 is 14.6 Å². The molecule has 1 saturated heterocycles. The van der Waals surface area contributed by atoms with E-state index in [4.69, 9.17) is 9.26 Å². The normalized spacial score (nSPS) is 18.0. The fourth-order valence-electron chi connectivity index (χ4n) is 3.00. The first-order valence-electron chi connectivity index (χ1n) is 8.23. The van der Waals surface area contributed by atoms with Crippen LogP contribution < -0.4 is 10.1 Å². The Morgan fingerprint density at radius 3 is 2.96 bits per heavy atom. The summed E-state index contributed by atoms with van der Waals surface area (Å²) >= 11 is 0. The molecular formula is C17H21N3O5S. The van der Waals surface area contributed by atoms with Gasteiger partial charge in [-0.3, -0.25) is 4.79 Å². The molecule has 2 heterocycles. The Morgan fingerprint density at radius 1 is 1.42 bits per heavy atom. The first-order chi connectivity index (χ1) is 12.4. The molecule has 26 heavy (non-hydrogen) atoms. The van der Waals surface area contributed by atoms with E-state index in [1.54, 1.807) is 13.2 Å². The Hall–Kier alpha value is -2.39. The molecule has 0 aliphatic carbocycles. The number of rotatable bonds is 6. The average Bonchev–Trinajstić information content (AvgIpc) is 3.28. The van der Waals surface area contributed by atoms with Crippen LogP contribution in [0, 0.1) is 0 Å². The molecule has 1 aromatic heterocycles. The van der Waals surface area contributed by atoms with Crippen molar-refractivity contribution >= 4 is 15.9 Å². The minimum atomic E-state index is -3.39. The van der Waals surface area contributed by atoms with Gasteiger partial charge in [0, 0.05) is 18.2 Å². The lowest BCUT2D eigenvalue weighted by Gasteiger charge is -2.20. The van der Waals surface area contributed by atoms with E-state index in [-0.39, 0.29) is 12.5 Å². The number of benzene rings is 1. The summed E-state index contributed by atoms with van der Waals surface area (Å²) in [7, 11) is -1.81. The van der Waals surface area contributed by atoms with Crippen molar-refractivity contribution in [2.75, 3.05) is 19.9 Å². The topological polar surface area (TPSA) is 102 Å². The second-order valence-electron chi connectivity index (χ2n) is 6.16. The number of carbonyl (C=O) groups is 1. The Morgan fingerprint density at radius 2 is 2.23 bits per heavy atom. The number of aromatic nitrogens is 1. The van der Waals surface area contributed by atoms with E-state index >= 15 is 0 Å². The van der Waals surface area contributed by atoms with Gasteiger partial charge >= 0.3 is 0 Å². The van der Waals surface area contributed by atoms with Crippen LogP contribution in [0.1, 0.15) is 18.5 Å². The number of nitrogens with one attached hydrogen (secondary N) is 1. The molecule has 1 aromatic carbocycles. The van der Waals surface area contributed by atoms with Gasteiger partial charge in [0.05, 0.1) is 19.9 Å². The Labute approximate surface area is 152 Å². The summed E-state index contributed by atoms with van der Waals surface area (Å²) in [6, 6.07) is 8.45. The van der Waals surface area contributed by atoms with Crippen molar-refractivity contribution in [3.8, 4) is 17.1 Å². The zero-order chi connectivity index (χ0) is 18.7. The van der Waals surface area contributed by atoms with E-state index < -0.39 is 16.1 Å². The van der Waals surface area contributed by atoms with Crippen LogP contribution in [-0.2, 0) is 21.4 Å². The molecule has 0 bridgehead atoms. The lowest BCUT2D eigenvalue weighted by atomic mass is 10.1. The molecule has 1 amide bonds. The van der Waals surface area contributed by atoms with Crippen LogP contribution in [0.3, 0.4) is 0 Å². The number of nitrogens with zero attached hydrogens (tertiary/aromatic N) is 2. The van der Waals surface area contributed by atoms with Crippen molar-refractivity contribution in [3.05, 3.63) is 36.0 Å². The van der Waals surface area contributed by atoms with Crippen molar-refractivity contribution in [2.24, 2.45) is 0 Å². The highest BCUT2D eigenvalue weighted by atomic mass is 32.2. The van der Waals surface area contributed by atoms with Gasteiger partial charge in [-0.05, 0) is 25.0 Å². The van der Waals surface area contributed by atoms with E-state index in [2.05, 4.69) is 10.5 Å². The van der Waals surface area contributed by atoms with Crippen molar-refractivity contribution in [2.45, 2.75) is 25.4 Å². The molecule has 3 rings (SSSR count). The number of methoxy groups -OCH3 is 1. The van der Waals surface area contributed by atoms with Crippen LogP contribution in [0.2, 0.25) is 0 Å². The predicted molar refractivity (Wildman–Crippen MR) is 94.9 cm³/mol. The van der Waals surface area contributed by atoms with Crippen LogP contribution in [0.4, 0.5) is 0 Å². The van der Waals surface area contributed by atoms with E-state index in [9.17, 15) is 13.2 Å². The van der Waals surface area contributed by atoms with E-state index in [0.29, 0.717) is 36.6 Å². The molecule has 0 spiro atoms. The van der Waals surface area contributed by atoms with Crippen molar-refractivity contribution < 1.29 is 22.5 Å². The third-order valence-corrected chi connectivity index (χ3v) is 5.58. The van der Waals surface area contributed by atoms with Crippen LogP contribution in [0.25, 0.3) is 11.3 Å². The fourth-order valence-corrected chi connectivity index (χ4v) is 4.13. The summed E-state index contributed by atoms with van der Waals surface area (Å²) in [6.45, 7) is 0.543. The van der Waals surface area contributed by atoms with Gasteiger partial charge in [0.25, 0.3) is 0 Å². The zero-order valence-corrected chi connectivity index (χ0v) is 15.5. The number of hydrogen-bond donors (Lipinski definition) is 1. The summed E-state index contributed by atoms with van der Waals surface area (Å²) in [5.41, 5.74) is 1.37. The molecule has 0 saturated carbocycles. The lowest BCUT2D eigenvalue weighted by molar-refractivity contribution is -0.124. The van der Waals surface area contributed by atoms with Crippen molar-refractivity contribution in [1.82, 2.24) is 14.8 Å². The van der Waals surface area contributed by atoms with Gasteiger partial charge in [-0.2, -0.15) is 4.31 Å². The molecule has 1 fully saturated rings. The molecule has 1 aliphatic heterocycles. The number of amides is 1. The fraction of sp³-hybridized carbons (Fsp3) is 0.412. The molecule has 1 aliphatic rings. The number of hydrogen-bond acceptors (Lipinski definition) is 6. The van der Waals surface area contributed by atoms with Gasteiger partial charge in [0.2, 0.25) is 15.9 Å². The Kier molecular flexibility index (Phi) is 5.28. The molecule has 9 heteroatoms. The van der Waals surface area contributed by atoms with Crippen molar-refractivity contribution in [1.29, 1.82) is 0 Å². The van der Waals surface area contributed by atoms with Crippen LogP contribution in [-0.4, -0.2) is 49.7 Å². The molecule has 1 atom stereocenters. The summed E-state index contributed by atoms with van der Waals surface area (Å²) in [5.74, 6) is 0.946. The van der Waals surface area contributed by atoms with E-state index in [1.807, 2.05) is 24.3 Å². The second kappa shape index (κ2) is 7.46. The highest BCUT2D eigenvalue weighted by molar-refractivity contribution is 7.88. The maximum Gasteiger partial charge on any atom is 0.238 e. The smallest absolute Gasteiger partial charge is 0.238 e. The zero-order valence-electron chi connectivity index (χ0n) is 14.6. The quantitative estimate of drug-likeness (QED) is 0.814. The van der Waals surface area contributed by atoms with Gasteiger partial charge in [0.1, 0.15) is 17.5 Å². The van der Waals surface area contributed by atoms with Gasteiger partial charge in [-0.25, -0.2) is 8.42 Å². The minimum absolute atomic E-state index is 0.167. The first kappa shape index (κ1) is 18.4. The largest absolute Gasteiger partial charge is 0.497 e. The van der Waals surface area contributed by atoms with Crippen LogP contribution >= 0.6 is 0 Å². The molecule has 0 radical (unpaired) electrons. The third kappa shape index (κ3) is 4.05. The number of ether oxygens (including phenoxy) is 1. The van der Waals surface area contributed by atoms with Crippen LogP contribution in [0.5, 0.6) is 5.75 Å². The van der Waals surface area contributed by atoms with Gasteiger partial charge in [-0.15, -0.1) is 0 Å². The molecule has 140 valence electrons. The molecule has 2 aromatic rings. The van der Waals surface area contributed by atoms with Gasteiger partial charge in [0.15, 0.2) is 5.76 Å². The Balaban J connectivity index is 1.64. The maximum atomic E-state index is 12.3. The monoisotopic (exact) mass is 379 g/mol. The number of carbonyl (C=O) groups excluding carboxylic acids is 1. The average molecular weight is 379 g/mol. The summed E-state index contributed by atoms with van der Waals surface area (Å²) < 4.78 is 35.2. The highest BCUT2D eigenvalue weighted by Gasteiger charge is 2.36. The van der Waals surface area contributed by atoms with E-state index in [0.717, 1.165) is 11.8 Å². The first-order valence-corrected chi connectivity index (χ1v) is 10.1. The summed E-state index contributed by atoms with van der Waals surface area (Å²) in [4.78, 5) is 12.3. The Bertz CT molecular complexity index is 893. The minimum Gasteiger partial charge on any atom is -0.497 e. The van der Waals surface area contributed by atoms with Crippen molar-refractivity contribution in [3.63, 3.8) is 0 Å². The molecule has 1 N–H and O–H groups in total. The predicted octanol–water partition coefficient (Wildman–Crippen LogP) is 1.39. The highest BCUT2D eigenvalue weighted by Crippen LogP contribution is 2.24. The molecule has 0 unspecified atom stereocenters. The lowest BCUT2D eigenvalue weighted by Crippen LogP contribution is -2.45. The summed E-state index contributed by atoms with van der Waals surface area (Å²) in [6.07, 6.45) is 2.32. The maximum absolute atomic E-state index is 12.3. The second-order valence-corrected chi connectivity index (χ2v) is 8.10. The van der Waals surface area contributed by atoms with Gasteiger partial charge in [-0.1, -0.05) is 17.3 Å². The number of sulfonamides is 1.